The van der Waals surface area contributed by atoms with Crippen LogP contribution in [0.4, 0.5) is 0 Å². The Morgan fingerprint density at radius 2 is 2.56 bits per heavy atom. The van der Waals surface area contributed by atoms with Gasteiger partial charge in [-0.05, 0) is 12.1 Å². The van der Waals surface area contributed by atoms with Gasteiger partial charge in [0.1, 0.15) is 11.0 Å². The van der Waals surface area contributed by atoms with Gasteiger partial charge in [-0.3, -0.25) is 9.59 Å². The van der Waals surface area contributed by atoms with Gasteiger partial charge in [0.25, 0.3) is 5.91 Å². The van der Waals surface area contributed by atoms with Crippen molar-refractivity contribution < 1.29 is 19.1 Å². The van der Waals surface area contributed by atoms with Crippen LogP contribution in [0.1, 0.15) is 12.2 Å². The zero-order chi connectivity index (χ0) is 13.0. The summed E-state index contributed by atoms with van der Waals surface area (Å²) in [5, 5.41) is 11.9. The van der Waals surface area contributed by atoms with E-state index in [1.165, 1.54) is 12.5 Å². The van der Waals surface area contributed by atoms with Crippen molar-refractivity contribution in [1.29, 1.82) is 0 Å². The van der Waals surface area contributed by atoms with Gasteiger partial charge in [0, 0.05) is 0 Å². The van der Waals surface area contributed by atoms with E-state index in [0.29, 0.717) is 5.76 Å². The maximum Gasteiger partial charge on any atom is 0.305 e. The molecule has 2 N–H and O–H groups in total. The molecule has 1 aliphatic heterocycles. The number of thioether (sulfide) groups is 1. The summed E-state index contributed by atoms with van der Waals surface area (Å²) < 4.78 is 5.04. The average Bonchev–Trinajstić information content (AvgIpc) is 2.82. The third kappa shape index (κ3) is 3.20. The number of nitrogens with zero attached hydrogens (tertiary/aromatic N) is 2. The van der Waals surface area contributed by atoms with Crippen molar-refractivity contribution in [3.63, 3.8) is 0 Å². The van der Waals surface area contributed by atoms with Crippen molar-refractivity contribution in [3.8, 4) is 0 Å². The van der Waals surface area contributed by atoms with Gasteiger partial charge in [-0.25, -0.2) is 10.4 Å². The monoisotopic (exact) mass is 267 g/mol. The zero-order valence-corrected chi connectivity index (χ0v) is 9.88. The minimum atomic E-state index is -1.04. The number of nitrogens with one attached hydrogen (secondary N) is 1. The van der Waals surface area contributed by atoms with Crippen LogP contribution in [-0.4, -0.2) is 33.6 Å². The van der Waals surface area contributed by atoms with Crippen LogP contribution in [0.3, 0.4) is 0 Å². The molecule has 2 heterocycles. The van der Waals surface area contributed by atoms with Gasteiger partial charge >= 0.3 is 5.97 Å². The molecule has 2 rings (SSSR count). The number of amides is 1. The summed E-state index contributed by atoms with van der Waals surface area (Å²) in [6.45, 7) is 0. The van der Waals surface area contributed by atoms with Crippen LogP contribution in [0.2, 0.25) is 0 Å². The Morgan fingerprint density at radius 3 is 3.22 bits per heavy atom. The molecule has 0 aromatic carbocycles. The molecule has 0 saturated heterocycles. The van der Waals surface area contributed by atoms with Crippen LogP contribution in [0.15, 0.2) is 32.9 Å². The lowest BCUT2D eigenvalue weighted by molar-refractivity contribution is -0.138. The number of hydrogen-bond donors (Lipinski definition) is 2. The number of carboxylic acids is 1. The first-order valence-electron chi connectivity index (χ1n) is 4.99. The zero-order valence-electron chi connectivity index (χ0n) is 9.07. The summed E-state index contributed by atoms with van der Waals surface area (Å²) in [6, 6.07) is 3.43. The Kier molecular flexibility index (Phi) is 3.78. The number of carbonyl (C=O) groups excluding carboxylic acids is 1. The third-order valence-corrected chi connectivity index (χ3v) is 3.08. The molecule has 1 amide bonds. The van der Waals surface area contributed by atoms with Crippen molar-refractivity contribution in [2.24, 2.45) is 10.1 Å². The van der Waals surface area contributed by atoms with Crippen molar-refractivity contribution in [1.82, 2.24) is 5.43 Å². The summed E-state index contributed by atoms with van der Waals surface area (Å²) in [7, 11) is 0. The second kappa shape index (κ2) is 5.50. The average molecular weight is 267 g/mol. The van der Waals surface area contributed by atoms with Crippen molar-refractivity contribution in [2.75, 3.05) is 0 Å². The van der Waals surface area contributed by atoms with Crippen LogP contribution in [0.5, 0.6) is 0 Å². The molecule has 1 aromatic rings. The first kappa shape index (κ1) is 12.4. The van der Waals surface area contributed by atoms with Gasteiger partial charge in [0.05, 0.1) is 18.9 Å². The Morgan fingerprint density at radius 1 is 1.72 bits per heavy atom. The van der Waals surface area contributed by atoms with E-state index in [0.717, 1.165) is 11.8 Å². The van der Waals surface area contributed by atoms with E-state index in [2.05, 4.69) is 15.5 Å². The van der Waals surface area contributed by atoms with E-state index in [1.807, 2.05) is 0 Å². The molecule has 18 heavy (non-hydrogen) atoms. The van der Waals surface area contributed by atoms with E-state index in [1.54, 1.807) is 12.1 Å². The van der Waals surface area contributed by atoms with Crippen molar-refractivity contribution in [3.05, 3.63) is 24.2 Å². The van der Waals surface area contributed by atoms with Gasteiger partial charge in [0.2, 0.25) is 5.17 Å². The highest BCUT2D eigenvalue weighted by Crippen LogP contribution is 2.21. The van der Waals surface area contributed by atoms with Gasteiger partial charge in [-0.2, -0.15) is 0 Å². The van der Waals surface area contributed by atoms with Gasteiger partial charge < -0.3 is 9.52 Å². The minimum absolute atomic E-state index is 0.272. The first-order chi connectivity index (χ1) is 8.65. The van der Waals surface area contributed by atoms with Gasteiger partial charge in [-0.15, -0.1) is 5.10 Å². The number of amidine groups is 1. The number of hydrazone groups is 1. The van der Waals surface area contributed by atoms with Crippen LogP contribution in [0, 0.1) is 0 Å². The summed E-state index contributed by atoms with van der Waals surface area (Å²) >= 11 is 1.01. The lowest BCUT2D eigenvalue weighted by Crippen LogP contribution is -2.35. The smallest absolute Gasteiger partial charge is 0.305 e. The number of carbonyl (C=O) groups is 2. The topological polar surface area (TPSA) is 104 Å². The first-order valence-corrected chi connectivity index (χ1v) is 5.86. The van der Waals surface area contributed by atoms with Crippen LogP contribution in [-0.2, 0) is 9.59 Å². The summed E-state index contributed by atoms with van der Waals surface area (Å²) in [6.07, 6.45) is 2.68. The highest BCUT2D eigenvalue weighted by Gasteiger charge is 2.27. The van der Waals surface area contributed by atoms with E-state index < -0.39 is 17.1 Å². The maximum atomic E-state index is 11.3. The van der Waals surface area contributed by atoms with Gasteiger partial charge in [0.15, 0.2) is 0 Å². The standard InChI is InChI=1S/C10H9N3O4S/c14-8(15)4-7-9(16)12-13-10(18-7)11-5-6-2-1-3-17-6/h1-3,5,7H,4H2,(H,12,16)(H,14,15). The van der Waals surface area contributed by atoms with Crippen LogP contribution < -0.4 is 5.43 Å². The summed E-state index contributed by atoms with van der Waals surface area (Å²) in [5.41, 5.74) is 2.24. The van der Waals surface area contributed by atoms with Crippen LogP contribution in [0.25, 0.3) is 0 Å². The largest absolute Gasteiger partial charge is 0.481 e. The number of rotatable bonds is 3. The summed E-state index contributed by atoms with van der Waals surface area (Å²) in [5.74, 6) is -0.928. The fourth-order valence-electron chi connectivity index (χ4n) is 1.22. The van der Waals surface area contributed by atoms with Crippen molar-refractivity contribution in [2.45, 2.75) is 11.7 Å². The number of carboxylic acid groups (broad SMARTS) is 1. The Bertz CT molecular complexity index is 509. The second-order valence-electron chi connectivity index (χ2n) is 3.35. The van der Waals surface area contributed by atoms with E-state index in [-0.39, 0.29) is 11.6 Å². The molecule has 7 nitrogen and oxygen atoms in total. The van der Waals surface area contributed by atoms with Crippen LogP contribution >= 0.6 is 11.8 Å². The maximum absolute atomic E-state index is 11.3. The molecular weight excluding hydrogens is 258 g/mol. The molecule has 0 bridgehead atoms. The number of furan rings is 1. The SMILES string of the molecule is O=C(O)CC1SC(N=Cc2ccco2)=NNC1=O. The Hall–Kier alpha value is -2.09. The molecule has 1 atom stereocenters. The second-order valence-corrected chi connectivity index (χ2v) is 4.52. The molecule has 1 unspecified atom stereocenters. The number of aliphatic carboxylic acids is 1. The molecule has 0 fully saturated rings. The molecule has 0 radical (unpaired) electrons. The molecule has 0 spiro atoms. The fourth-order valence-corrected chi connectivity index (χ4v) is 2.07. The number of hydrogen-bond acceptors (Lipinski definition) is 6. The molecule has 94 valence electrons. The fraction of sp³-hybridized carbons (Fsp3) is 0.200. The lowest BCUT2D eigenvalue weighted by atomic mass is 10.3. The molecule has 0 saturated carbocycles. The highest BCUT2D eigenvalue weighted by atomic mass is 32.2. The third-order valence-electron chi connectivity index (χ3n) is 2.01. The summed E-state index contributed by atoms with van der Waals surface area (Å²) in [4.78, 5) is 25.9. The molecular formula is C10H9N3O4S. The van der Waals surface area contributed by atoms with Crippen molar-refractivity contribution >= 4 is 35.0 Å². The quantitative estimate of drug-likeness (QED) is 0.783. The van der Waals surface area contributed by atoms with E-state index >= 15 is 0 Å². The predicted octanol–water partition coefficient (Wildman–Crippen LogP) is 0.676. The Labute approximate surface area is 106 Å². The molecule has 1 aliphatic rings. The molecule has 1 aromatic heterocycles. The van der Waals surface area contributed by atoms with E-state index in [9.17, 15) is 9.59 Å². The number of aliphatic imine (C=N–C) groups is 1. The lowest BCUT2D eigenvalue weighted by Gasteiger charge is -2.16. The van der Waals surface area contributed by atoms with E-state index in [4.69, 9.17) is 9.52 Å². The normalized spacial score (nSPS) is 19.7. The molecule has 8 heteroatoms. The highest BCUT2D eigenvalue weighted by molar-refractivity contribution is 8.15. The minimum Gasteiger partial charge on any atom is -0.481 e. The molecule has 0 aliphatic carbocycles. The predicted molar refractivity (Wildman–Crippen MR) is 65.5 cm³/mol. The Balaban J connectivity index is 2.02. The van der Waals surface area contributed by atoms with Gasteiger partial charge in [-0.1, -0.05) is 11.8 Å².